The lowest BCUT2D eigenvalue weighted by atomic mass is 10.00. The second-order valence-corrected chi connectivity index (χ2v) is 4.90. The largest absolute Gasteiger partial charge is 0.480 e. The van der Waals surface area contributed by atoms with Gasteiger partial charge in [0.25, 0.3) is 5.91 Å². The first kappa shape index (κ1) is 16.2. The van der Waals surface area contributed by atoms with Crippen molar-refractivity contribution in [3.63, 3.8) is 0 Å². The lowest BCUT2D eigenvalue weighted by Gasteiger charge is -2.16. The zero-order chi connectivity index (χ0) is 16.8. The predicted molar refractivity (Wildman–Crippen MR) is 82.4 cm³/mol. The Bertz CT molecular complexity index is 727. The summed E-state index contributed by atoms with van der Waals surface area (Å²) < 4.78 is 0. The number of hydrogen-bond acceptors (Lipinski definition) is 3. The van der Waals surface area contributed by atoms with Gasteiger partial charge in [-0.1, -0.05) is 36.4 Å². The molecule has 1 amide bonds. The number of benzene rings is 2. The lowest BCUT2D eigenvalue weighted by Crippen LogP contribution is -2.42. The van der Waals surface area contributed by atoms with E-state index in [2.05, 4.69) is 5.32 Å². The third-order valence-electron chi connectivity index (χ3n) is 3.31. The van der Waals surface area contributed by atoms with Crippen LogP contribution in [0.1, 0.15) is 26.3 Å². The SMILES string of the molecule is O=C(N[C@H](Cc1ccccc1C(=O)O)C(=O)O)c1ccccc1. The van der Waals surface area contributed by atoms with E-state index in [1.807, 2.05) is 0 Å². The van der Waals surface area contributed by atoms with Crippen LogP contribution in [0.3, 0.4) is 0 Å². The summed E-state index contributed by atoms with van der Waals surface area (Å²) in [4.78, 5) is 34.6. The first-order valence-electron chi connectivity index (χ1n) is 6.89. The number of carboxylic acid groups (broad SMARTS) is 2. The maximum atomic E-state index is 12.1. The van der Waals surface area contributed by atoms with Crippen LogP contribution in [0.5, 0.6) is 0 Å². The van der Waals surface area contributed by atoms with Gasteiger partial charge in [0, 0.05) is 12.0 Å². The van der Waals surface area contributed by atoms with Crippen LogP contribution in [-0.4, -0.2) is 34.1 Å². The van der Waals surface area contributed by atoms with Crippen molar-refractivity contribution < 1.29 is 24.6 Å². The van der Waals surface area contributed by atoms with Gasteiger partial charge in [0.1, 0.15) is 6.04 Å². The molecule has 2 aromatic carbocycles. The molecule has 0 aliphatic carbocycles. The van der Waals surface area contributed by atoms with E-state index in [0.29, 0.717) is 11.1 Å². The zero-order valence-electron chi connectivity index (χ0n) is 12.1. The Morgan fingerprint density at radius 1 is 0.913 bits per heavy atom. The third-order valence-corrected chi connectivity index (χ3v) is 3.31. The summed E-state index contributed by atoms with van der Waals surface area (Å²) in [6.45, 7) is 0. The normalized spacial score (nSPS) is 11.5. The number of carboxylic acids is 2. The third kappa shape index (κ3) is 4.16. The Kier molecular flexibility index (Phi) is 5.09. The van der Waals surface area contributed by atoms with Gasteiger partial charge in [-0.15, -0.1) is 0 Å². The summed E-state index contributed by atoms with van der Waals surface area (Å²) in [7, 11) is 0. The molecular formula is C17H15NO5. The summed E-state index contributed by atoms with van der Waals surface area (Å²) in [6, 6.07) is 13.1. The number of rotatable bonds is 6. The van der Waals surface area contributed by atoms with Gasteiger partial charge in [-0.25, -0.2) is 9.59 Å². The minimum Gasteiger partial charge on any atom is -0.480 e. The first-order chi connectivity index (χ1) is 11.0. The molecule has 0 spiro atoms. The smallest absolute Gasteiger partial charge is 0.335 e. The van der Waals surface area contributed by atoms with E-state index in [1.165, 1.54) is 12.1 Å². The van der Waals surface area contributed by atoms with E-state index in [0.717, 1.165) is 0 Å². The minimum absolute atomic E-state index is 0.0210. The number of amides is 1. The Morgan fingerprint density at radius 3 is 2.13 bits per heavy atom. The van der Waals surface area contributed by atoms with Crippen LogP contribution in [0, 0.1) is 0 Å². The maximum Gasteiger partial charge on any atom is 0.335 e. The van der Waals surface area contributed by atoms with Crippen molar-refractivity contribution in [3.8, 4) is 0 Å². The van der Waals surface area contributed by atoms with Crippen molar-refractivity contribution in [2.75, 3.05) is 0 Å². The Hall–Kier alpha value is -3.15. The van der Waals surface area contributed by atoms with Gasteiger partial charge < -0.3 is 15.5 Å². The van der Waals surface area contributed by atoms with Gasteiger partial charge in [0.15, 0.2) is 0 Å². The topological polar surface area (TPSA) is 104 Å². The molecule has 23 heavy (non-hydrogen) atoms. The van der Waals surface area contributed by atoms with E-state index in [-0.39, 0.29) is 12.0 Å². The predicted octanol–water partition coefficient (Wildman–Crippen LogP) is 1.81. The number of aromatic carboxylic acids is 1. The molecule has 6 nitrogen and oxygen atoms in total. The molecule has 0 saturated carbocycles. The lowest BCUT2D eigenvalue weighted by molar-refractivity contribution is -0.139. The molecule has 0 saturated heterocycles. The number of hydrogen-bond donors (Lipinski definition) is 3. The summed E-state index contributed by atoms with van der Waals surface area (Å²) >= 11 is 0. The first-order valence-corrected chi connectivity index (χ1v) is 6.89. The molecule has 0 aliphatic heterocycles. The molecule has 0 unspecified atom stereocenters. The highest BCUT2D eigenvalue weighted by Gasteiger charge is 2.23. The van der Waals surface area contributed by atoms with Crippen LogP contribution in [0.4, 0.5) is 0 Å². The molecule has 6 heteroatoms. The van der Waals surface area contributed by atoms with Gasteiger partial charge in [0.2, 0.25) is 0 Å². The van der Waals surface area contributed by atoms with Crippen LogP contribution in [-0.2, 0) is 11.2 Å². The monoisotopic (exact) mass is 313 g/mol. The molecule has 3 N–H and O–H groups in total. The molecule has 0 radical (unpaired) electrons. The number of nitrogens with one attached hydrogen (secondary N) is 1. The fourth-order valence-electron chi connectivity index (χ4n) is 2.16. The highest BCUT2D eigenvalue weighted by atomic mass is 16.4. The molecular weight excluding hydrogens is 298 g/mol. The average Bonchev–Trinajstić information content (AvgIpc) is 2.55. The van der Waals surface area contributed by atoms with Crippen molar-refractivity contribution in [2.24, 2.45) is 0 Å². The molecule has 1 atom stereocenters. The van der Waals surface area contributed by atoms with E-state index >= 15 is 0 Å². The van der Waals surface area contributed by atoms with Gasteiger partial charge in [-0.3, -0.25) is 4.79 Å². The zero-order valence-corrected chi connectivity index (χ0v) is 12.1. The molecule has 0 bridgehead atoms. The van der Waals surface area contributed by atoms with E-state index in [1.54, 1.807) is 42.5 Å². The van der Waals surface area contributed by atoms with E-state index in [4.69, 9.17) is 5.11 Å². The number of aliphatic carboxylic acids is 1. The van der Waals surface area contributed by atoms with E-state index < -0.39 is 23.9 Å². The summed E-state index contributed by atoms with van der Waals surface area (Å²) in [5, 5.41) is 20.9. The quantitative estimate of drug-likeness (QED) is 0.754. The van der Waals surface area contributed by atoms with Gasteiger partial charge in [-0.2, -0.15) is 0 Å². The summed E-state index contributed by atoms with van der Waals surface area (Å²) in [5.74, 6) is -2.89. The number of carbonyl (C=O) groups is 3. The fourth-order valence-corrected chi connectivity index (χ4v) is 2.16. The summed E-state index contributed by atoms with van der Waals surface area (Å²) in [6.07, 6.45) is -0.115. The van der Waals surface area contributed by atoms with Gasteiger partial charge in [-0.05, 0) is 23.8 Å². The standard InChI is InChI=1S/C17H15NO5/c19-15(11-6-2-1-3-7-11)18-14(17(22)23)10-12-8-4-5-9-13(12)16(20)21/h1-9,14H,10H2,(H,18,19)(H,20,21)(H,22,23)/t14-/m1/s1. The van der Waals surface area contributed by atoms with Crippen molar-refractivity contribution in [1.82, 2.24) is 5.32 Å². The van der Waals surface area contributed by atoms with E-state index in [9.17, 15) is 19.5 Å². The van der Waals surface area contributed by atoms with Crippen LogP contribution in [0.15, 0.2) is 54.6 Å². The molecule has 2 aromatic rings. The summed E-state index contributed by atoms with van der Waals surface area (Å²) in [5.41, 5.74) is 0.707. The van der Waals surface area contributed by atoms with Gasteiger partial charge in [0.05, 0.1) is 5.56 Å². The van der Waals surface area contributed by atoms with Crippen molar-refractivity contribution >= 4 is 17.8 Å². The van der Waals surface area contributed by atoms with Crippen LogP contribution >= 0.6 is 0 Å². The number of carbonyl (C=O) groups excluding carboxylic acids is 1. The molecule has 2 rings (SSSR count). The second kappa shape index (κ2) is 7.22. The Balaban J connectivity index is 2.19. The molecule has 0 heterocycles. The van der Waals surface area contributed by atoms with Crippen LogP contribution in [0.25, 0.3) is 0 Å². The van der Waals surface area contributed by atoms with Crippen molar-refractivity contribution in [3.05, 3.63) is 71.3 Å². The van der Waals surface area contributed by atoms with Crippen molar-refractivity contribution in [2.45, 2.75) is 12.5 Å². The fraction of sp³-hybridized carbons (Fsp3) is 0.118. The maximum absolute atomic E-state index is 12.1. The van der Waals surface area contributed by atoms with Crippen LogP contribution in [0.2, 0.25) is 0 Å². The highest BCUT2D eigenvalue weighted by Crippen LogP contribution is 2.12. The molecule has 0 aliphatic rings. The molecule has 118 valence electrons. The van der Waals surface area contributed by atoms with Crippen molar-refractivity contribution in [1.29, 1.82) is 0 Å². The Labute approximate surface area is 132 Å². The highest BCUT2D eigenvalue weighted by molar-refractivity contribution is 5.96. The minimum atomic E-state index is -1.23. The second-order valence-electron chi connectivity index (χ2n) is 4.90. The Morgan fingerprint density at radius 2 is 1.52 bits per heavy atom. The van der Waals surface area contributed by atoms with Crippen LogP contribution < -0.4 is 5.32 Å². The van der Waals surface area contributed by atoms with Gasteiger partial charge >= 0.3 is 11.9 Å². The molecule has 0 fully saturated rings. The average molecular weight is 313 g/mol. The molecule has 0 aromatic heterocycles.